The summed E-state index contributed by atoms with van der Waals surface area (Å²) in [5.74, 6) is 1.03. The molecule has 5 nitrogen and oxygen atoms in total. The van der Waals surface area contributed by atoms with Crippen LogP contribution in [0, 0.1) is 11.8 Å². The molecule has 2 atom stereocenters. The van der Waals surface area contributed by atoms with Crippen molar-refractivity contribution >= 4 is 16.9 Å². The van der Waals surface area contributed by atoms with Crippen LogP contribution in [-0.4, -0.2) is 37.0 Å². The number of hydrogen-bond acceptors (Lipinski definition) is 4. The topological polar surface area (TPSA) is 62.6 Å². The van der Waals surface area contributed by atoms with Gasteiger partial charge in [0.25, 0.3) is 5.91 Å². The largest absolute Gasteiger partial charge is 0.451 e. The molecule has 108 valence electrons. The van der Waals surface area contributed by atoms with Gasteiger partial charge in [0.05, 0.1) is 5.39 Å². The molecule has 3 heterocycles. The van der Waals surface area contributed by atoms with Crippen LogP contribution in [0.5, 0.6) is 0 Å². The van der Waals surface area contributed by atoms with Gasteiger partial charge >= 0.3 is 0 Å². The Morgan fingerprint density at radius 3 is 2.67 bits per heavy atom. The molecular formula is C16H16N2O3. The lowest BCUT2D eigenvalue weighted by molar-refractivity contribution is 0.0750. The van der Waals surface area contributed by atoms with Crippen molar-refractivity contribution in [2.45, 2.75) is 0 Å². The van der Waals surface area contributed by atoms with Gasteiger partial charge < -0.3 is 14.6 Å². The van der Waals surface area contributed by atoms with E-state index in [0.29, 0.717) is 22.8 Å². The normalized spacial score (nSPS) is 24.5. The highest BCUT2D eigenvalue weighted by Crippen LogP contribution is 2.27. The number of benzene rings is 1. The Kier molecular flexibility index (Phi) is 2.82. The van der Waals surface area contributed by atoms with Gasteiger partial charge in [-0.05, 0) is 24.0 Å². The smallest absolute Gasteiger partial charge is 0.289 e. The number of nitrogens with one attached hydrogen (secondary N) is 1. The van der Waals surface area contributed by atoms with E-state index >= 15 is 0 Å². The standard InChI is InChI=1S/C16H16N2O3/c19-13-5-15(21-14-4-2-1-3-12(13)14)16(20)18-8-10-6-17-7-11(10)9-18/h1-5,10-11,17H,6-9H2. The second kappa shape index (κ2) is 4.70. The molecule has 2 aromatic rings. The molecule has 0 saturated carbocycles. The van der Waals surface area contributed by atoms with E-state index in [1.54, 1.807) is 24.3 Å². The van der Waals surface area contributed by atoms with Crippen LogP contribution in [0.3, 0.4) is 0 Å². The summed E-state index contributed by atoms with van der Waals surface area (Å²) in [5.41, 5.74) is 0.302. The molecule has 0 aliphatic carbocycles. The Morgan fingerprint density at radius 2 is 1.90 bits per heavy atom. The summed E-state index contributed by atoms with van der Waals surface area (Å²) in [4.78, 5) is 26.4. The predicted molar refractivity (Wildman–Crippen MR) is 78.2 cm³/mol. The van der Waals surface area contributed by atoms with Gasteiger partial charge in [-0.15, -0.1) is 0 Å². The molecule has 2 fully saturated rings. The van der Waals surface area contributed by atoms with Crippen molar-refractivity contribution in [3.8, 4) is 0 Å². The minimum atomic E-state index is -0.174. The number of hydrogen-bond donors (Lipinski definition) is 1. The van der Waals surface area contributed by atoms with E-state index in [2.05, 4.69) is 5.32 Å². The van der Waals surface area contributed by atoms with Crippen LogP contribution in [0.1, 0.15) is 10.6 Å². The van der Waals surface area contributed by atoms with E-state index in [1.165, 1.54) is 6.07 Å². The van der Waals surface area contributed by atoms with Crippen molar-refractivity contribution < 1.29 is 9.21 Å². The first-order valence-electron chi connectivity index (χ1n) is 7.25. The van der Waals surface area contributed by atoms with Gasteiger partial charge in [0.2, 0.25) is 0 Å². The van der Waals surface area contributed by atoms with Crippen molar-refractivity contribution in [1.82, 2.24) is 10.2 Å². The van der Waals surface area contributed by atoms with Gasteiger partial charge in [0.15, 0.2) is 11.2 Å². The van der Waals surface area contributed by atoms with Crippen LogP contribution >= 0.6 is 0 Å². The molecule has 1 aromatic heterocycles. The van der Waals surface area contributed by atoms with Crippen LogP contribution in [0.25, 0.3) is 11.0 Å². The molecular weight excluding hydrogens is 268 g/mol. The van der Waals surface area contributed by atoms with Gasteiger partial charge in [0, 0.05) is 32.2 Å². The Bertz CT molecular complexity index is 755. The monoisotopic (exact) mass is 284 g/mol. The van der Waals surface area contributed by atoms with E-state index in [9.17, 15) is 9.59 Å². The first-order chi connectivity index (χ1) is 10.2. The number of carbonyl (C=O) groups is 1. The molecule has 1 aromatic carbocycles. The second-order valence-electron chi connectivity index (χ2n) is 5.86. The Balaban J connectivity index is 1.67. The molecule has 2 unspecified atom stereocenters. The third kappa shape index (κ3) is 2.05. The zero-order chi connectivity index (χ0) is 14.4. The molecule has 5 heteroatoms. The van der Waals surface area contributed by atoms with Crippen LogP contribution in [-0.2, 0) is 0 Å². The number of rotatable bonds is 1. The van der Waals surface area contributed by atoms with Crippen molar-refractivity contribution in [3.63, 3.8) is 0 Å². The third-order valence-corrected chi connectivity index (χ3v) is 4.52. The zero-order valence-corrected chi connectivity index (χ0v) is 11.5. The summed E-state index contributed by atoms with van der Waals surface area (Å²) in [6.45, 7) is 3.42. The molecule has 2 aliphatic rings. The Hall–Kier alpha value is -2.14. The van der Waals surface area contributed by atoms with Gasteiger partial charge in [-0.2, -0.15) is 0 Å². The van der Waals surface area contributed by atoms with Crippen LogP contribution in [0.2, 0.25) is 0 Å². The molecule has 0 radical (unpaired) electrons. The molecule has 1 N–H and O–H groups in total. The van der Waals surface area contributed by atoms with Gasteiger partial charge in [-0.1, -0.05) is 12.1 Å². The van der Waals surface area contributed by atoms with E-state index in [1.807, 2.05) is 4.90 Å². The van der Waals surface area contributed by atoms with Crippen LogP contribution in [0.15, 0.2) is 39.5 Å². The minimum Gasteiger partial charge on any atom is -0.451 e. The predicted octanol–water partition coefficient (Wildman–Crippen LogP) is 1.08. The molecule has 21 heavy (non-hydrogen) atoms. The summed E-state index contributed by atoms with van der Waals surface area (Å²) in [5, 5.41) is 3.86. The first kappa shape index (κ1) is 12.6. The number of nitrogens with zero attached hydrogens (tertiary/aromatic N) is 1. The van der Waals surface area contributed by atoms with E-state index in [4.69, 9.17) is 4.42 Å². The third-order valence-electron chi connectivity index (χ3n) is 4.52. The molecule has 0 spiro atoms. The van der Waals surface area contributed by atoms with Gasteiger partial charge in [-0.3, -0.25) is 9.59 Å². The Labute approximate surface area is 121 Å². The zero-order valence-electron chi connectivity index (χ0n) is 11.5. The number of amides is 1. The van der Waals surface area contributed by atoms with Crippen LogP contribution in [0.4, 0.5) is 0 Å². The quantitative estimate of drug-likeness (QED) is 0.851. The fourth-order valence-electron chi connectivity index (χ4n) is 3.39. The number of fused-ring (bicyclic) bond motifs is 2. The molecule has 4 rings (SSSR count). The molecule has 1 amide bonds. The average molecular weight is 284 g/mol. The molecule has 2 saturated heterocycles. The summed E-state index contributed by atoms with van der Waals surface area (Å²) < 4.78 is 5.63. The van der Waals surface area contributed by atoms with Gasteiger partial charge in [0.1, 0.15) is 5.58 Å². The lowest BCUT2D eigenvalue weighted by atomic mass is 10.0. The number of para-hydroxylation sites is 1. The highest BCUT2D eigenvalue weighted by atomic mass is 16.3. The maximum absolute atomic E-state index is 12.5. The van der Waals surface area contributed by atoms with Crippen molar-refractivity contribution in [3.05, 3.63) is 46.3 Å². The summed E-state index contributed by atoms with van der Waals surface area (Å²) in [7, 11) is 0. The second-order valence-corrected chi connectivity index (χ2v) is 5.86. The highest BCUT2D eigenvalue weighted by molar-refractivity contribution is 5.93. The average Bonchev–Trinajstić information content (AvgIpc) is 3.07. The van der Waals surface area contributed by atoms with E-state index < -0.39 is 0 Å². The lowest BCUT2D eigenvalue weighted by Crippen LogP contribution is -2.32. The lowest BCUT2D eigenvalue weighted by Gasteiger charge is -2.16. The minimum absolute atomic E-state index is 0.145. The van der Waals surface area contributed by atoms with Gasteiger partial charge in [-0.25, -0.2) is 0 Å². The maximum atomic E-state index is 12.5. The Morgan fingerprint density at radius 1 is 1.19 bits per heavy atom. The summed E-state index contributed by atoms with van der Waals surface area (Å²) >= 11 is 0. The SMILES string of the molecule is O=C(c1cc(=O)c2ccccc2o1)N1CC2CNCC2C1. The van der Waals surface area contributed by atoms with Crippen molar-refractivity contribution in [2.75, 3.05) is 26.2 Å². The fourth-order valence-corrected chi connectivity index (χ4v) is 3.39. The molecule has 2 aliphatic heterocycles. The fraction of sp³-hybridized carbons (Fsp3) is 0.375. The summed E-state index contributed by atoms with van der Waals surface area (Å²) in [6.07, 6.45) is 0. The number of carbonyl (C=O) groups excluding carboxylic acids is 1. The van der Waals surface area contributed by atoms with Crippen LogP contribution < -0.4 is 10.7 Å². The molecule has 0 bridgehead atoms. The van der Waals surface area contributed by atoms with Crippen molar-refractivity contribution in [1.29, 1.82) is 0 Å². The first-order valence-corrected chi connectivity index (χ1v) is 7.25. The van der Waals surface area contributed by atoms with E-state index in [0.717, 1.165) is 26.2 Å². The van der Waals surface area contributed by atoms with E-state index in [-0.39, 0.29) is 17.1 Å². The maximum Gasteiger partial charge on any atom is 0.289 e. The van der Waals surface area contributed by atoms with Crippen molar-refractivity contribution in [2.24, 2.45) is 11.8 Å². The number of likely N-dealkylation sites (tertiary alicyclic amines) is 1. The summed E-state index contributed by atoms with van der Waals surface area (Å²) in [6, 6.07) is 8.33. The highest BCUT2D eigenvalue weighted by Gasteiger charge is 2.38.